The normalized spacial score (nSPS) is 8.82. The second-order valence-corrected chi connectivity index (χ2v) is 2.93. The summed E-state index contributed by atoms with van der Waals surface area (Å²) in [6.45, 7) is 0. The highest BCUT2D eigenvalue weighted by Crippen LogP contribution is 2.34. The molecule has 0 radical (unpaired) electrons. The largest absolute Gasteiger partial charge is 0.865 e. The molecule has 0 bridgehead atoms. The first-order chi connectivity index (χ1) is 7.99. The lowest BCUT2D eigenvalue weighted by molar-refractivity contribution is -0.398. The molecule has 1 aromatic rings. The van der Waals surface area contributed by atoms with E-state index < -0.39 is 22.1 Å². The molecule has 0 heterocycles. The maximum atomic E-state index is 11.1. The van der Waals surface area contributed by atoms with Gasteiger partial charge in [0.2, 0.25) is 0 Å². The average molecular weight is 230 g/mol. The number of allylic oxidation sites excluding steroid dienone is 1. The van der Waals surface area contributed by atoms with Gasteiger partial charge in [0, 0.05) is 11.8 Å². The predicted molar refractivity (Wildman–Crippen MR) is 53.4 cm³/mol. The highest BCUT2D eigenvalue weighted by Gasteiger charge is 2.11. The third kappa shape index (κ3) is 2.49. The van der Waals surface area contributed by atoms with Gasteiger partial charge < -0.3 is 10.2 Å². The van der Waals surface area contributed by atoms with E-state index in [2.05, 4.69) is 0 Å². The Morgan fingerprint density at radius 1 is 1.41 bits per heavy atom. The second-order valence-electron chi connectivity index (χ2n) is 2.93. The second kappa shape index (κ2) is 4.64. The van der Waals surface area contributed by atoms with E-state index in [-0.39, 0.29) is 11.1 Å². The average Bonchev–Trinajstić information content (AvgIpc) is 2.29. The van der Waals surface area contributed by atoms with Crippen LogP contribution >= 0.6 is 0 Å². The van der Waals surface area contributed by atoms with Gasteiger partial charge in [0.1, 0.15) is 23.5 Å². The fraction of sp³-hybridized carbons (Fsp3) is 0. The van der Waals surface area contributed by atoms with Crippen LogP contribution < -0.4 is 5.11 Å². The molecule has 0 fully saturated rings. The topological polar surface area (TPSA) is 134 Å². The zero-order valence-electron chi connectivity index (χ0n) is 8.25. The molecule has 0 spiro atoms. The van der Waals surface area contributed by atoms with E-state index in [4.69, 9.17) is 10.5 Å². The maximum Gasteiger partial charge on any atom is 0.266 e. The third-order valence-corrected chi connectivity index (χ3v) is 1.82. The van der Waals surface area contributed by atoms with Crippen molar-refractivity contribution < 1.29 is 15.1 Å². The van der Waals surface area contributed by atoms with Crippen molar-refractivity contribution in [3.63, 3.8) is 0 Å². The van der Waals surface area contributed by atoms with Crippen molar-refractivity contribution in [2.24, 2.45) is 0 Å². The number of benzene rings is 1. The maximum absolute atomic E-state index is 11.1. The van der Waals surface area contributed by atoms with Gasteiger partial charge in [-0.25, -0.2) is 0 Å². The van der Waals surface area contributed by atoms with Gasteiger partial charge in [-0.05, 0) is 17.7 Å². The van der Waals surface area contributed by atoms with Crippen molar-refractivity contribution in [2.75, 3.05) is 0 Å². The Kier molecular flexibility index (Phi) is 3.28. The number of nitrogens with zero attached hydrogens (tertiary/aromatic N) is 3. The van der Waals surface area contributed by atoms with Gasteiger partial charge in [0.25, 0.3) is 5.69 Å². The van der Waals surface area contributed by atoms with Crippen LogP contribution in [0, 0.1) is 32.8 Å². The highest BCUT2D eigenvalue weighted by molar-refractivity contribution is 5.68. The summed E-state index contributed by atoms with van der Waals surface area (Å²) in [5.41, 5.74) is -1.07. The van der Waals surface area contributed by atoms with Crippen LogP contribution in [0.4, 0.5) is 5.69 Å². The first-order valence-electron chi connectivity index (χ1n) is 4.20. The third-order valence-electron chi connectivity index (χ3n) is 1.82. The van der Waals surface area contributed by atoms with Gasteiger partial charge in [0.05, 0.1) is 4.92 Å². The van der Waals surface area contributed by atoms with Crippen molar-refractivity contribution >= 4 is 11.8 Å². The van der Waals surface area contributed by atoms with Crippen LogP contribution in [0.2, 0.25) is 0 Å². The lowest BCUT2D eigenvalue weighted by Crippen LogP contribution is -1.98. The number of hydrogen-bond acceptors (Lipinski definition) is 6. The van der Waals surface area contributed by atoms with Crippen molar-refractivity contribution in [2.45, 2.75) is 0 Å². The van der Waals surface area contributed by atoms with E-state index in [0.717, 1.165) is 18.2 Å². The molecule has 0 aliphatic heterocycles. The number of nitro benzene ring substituents is 1. The Morgan fingerprint density at radius 2 is 2.00 bits per heavy atom. The summed E-state index contributed by atoms with van der Waals surface area (Å²) in [6, 6.07) is 4.94. The zero-order valence-corrected chi connectivity index (χ0v) is 8.25. The van der Waals surface area contributed by atoms with E-state index in [9.17, 15) is 20.3 Å². The SMILES string of the molecule is N#CC(C#N)=Cc1cc(O)c([O-])c([N+](=O)[O-])c1. The van der Waals surface area contributed by atoms with Gasteiger partial charge in [-0.1, -0.05) is 0 Å². The molecule has 0 saturated heterocycles. The van der Waals surface area contributed by atoms with Crippen LogP contribution in [-0.2, 0) is 0 Å². The number of aromatic hydroxyl groups is 1. The molecule has 0 aliphatic rings. The van der Waals surface area contributed by atoms with Gasteiger partial charge in [0.15, 0.2) is 0 Å². The van der Waals surface area contributed by atoms with Crippen LogP contribution in [0.1, 0.15) is 5.56 Å². The Morgan fingerprint density at radius 3 is 2.47 bits per heavy atom. The molecule has 7 nitrogen and oxygen atoms in total. The highest BCUT2D eigenvalue weighted by atomic mass is 16.6. The lowest BCUT2D eigenvalue weighted by Gasteiger charge is -2.09. The van der Waals surface area contributed by atoms with E-state index >= 15 is 0 Å². The summed E-state index contributed by atoms with van der Waals surface area (Å²) in [6.07, 6.45) is 1.03. The standard InChI is InChI=1S/C10H5N3O4/c11-4-7(5-12)1-6-2-8(13(16)17)10(15)9(14)3-6/h1-3,14-15H/p-1. The molecule has 0 atom stereocenters. The van der Waals surface area contributed by atoms with E-state index in [0.29, 0.717) is 0 Å². The monoisotopic (exact) mass is 230 g/mol. The number of hydrogen-bond donors (Lipinski definition) is 1. The fourth-order valence-corrected chi connectivity index (χ4v) is 1.09. The lowest BCUT2D eigenvalue weighted by atomic mass is 10.1. The summed E-state index contributed by atoms with van der Waals surface area (Å²) >= 11 is 0. The van der Waals surface area contributed by atoms with E-state index in [1.54, 1.807) is 12.1 Å². The molecular weight excluding hydrogens is 226 g/mol. The summed E-state index contributed by atoms with van der Waals surface area (Å²) in [5.74, 6) is -1.91. The number of phenolic OH excluding ortho intramolecular Hbond substituents is 1. The Balaban J connectivity index is 3.41. The Bertz CT molecular complexity index is 577. The van der Waals surface area contributed by atoms with Crippen molar-refractivity contribution in [1.82, 2.24) is 0 Å². The summed E-state index contributed by atoms with van der Waals surface area (Å²) < 4.78 is 0. The molecule has 0 aliphatic carbocycles. The van der Waals surface area contributed by atoms with Crippen LogP contribution in [-0.4, -0.2) is 10.0 Å². The predicted octanol–water partition coefficient (Wildman–Crippen LogP) is 0.805. The molecule has 1 rings (SSSR count). The van der Waals surface area contributed by atoms with Gasteiger partial charge in [-0.2, -0.15) is 10.5 Å². The summed E-state index contributed by atoms with van der Waals surface area (Å²) in [5, 5.41) is 47.8. The van der Waals surface area contributed by atoms with E-state index in [1.165, 1.54) is 0 Å². The zero-order chi connectivity index (χ0) is 13.0. The fourth-order valence-electron chi connectivity index (χ4n) is 1.09. The van der Waals surface area contributed by atoms with Crippen LogP contribution in [0.3, 0.4) is 0 Å². The van der Waals surface area contributed by atoms with Crippen LogP contribution in [0.5, 0.6) is 11.5 Å². The minimum absolute atomic E-state index is 0.0342. The van der Waals surface area contributed by atoms with Gasteiger partial charge in [-0.15, -0.1) is 0 Å². The van der Waals surface area contributed by atoms with Crippen LogP contribution in [0.25, 0.3) is 6.08 Å². The van der Waals surface area contributed by atoms with Gasteiger partial charge in [-0.3, -0.25) is 10.1 Å². The molecule has 0 unspecified atom stereocenters. The summed E-state index contributed by atoms with van der Waals surface area (Å²) in [7, 11) is 0. The van der Waals surface area contributed by atoms with E-state index in [1.807, 2.05) is 0 Å². The first kappa shape index (κ1) is 12.0. The molecule has 1 aromatic carbocycles. The number of rotatable bonds is 2. The quantitative estimate of drug-likeness (QED) is 0.453. The molecule has 0 saturated carbocycles. The minimum Gasteiger partial charge on any atom is -0.865 e. The molecule has 7 heteroatoms. The van der Waals surface area contributed by atoms with Crippen LogP contribution in [0.15, 0.2) is 17.7 Å². The van der Waals surface area contributed by atoms with Crippen molar-refractivity contribution in [3.8, 4) is 23.6 Å². The molecule has 1 N–H and O–H groups in total. The summed E-state index contributed by atoms with van der Waals surface area (Å²) in [4.78, 5) is 9.55. The number of nitriles is 2. The molecule has 17 heavy (non-hydrogen) atoms. The Hall–Kier alpha value is -3.06. The van der Waals surface area contributed by atoms with Crippen molar-refractivity contribution in [3.05, 3.63) is 33.4 Å². The number of nitro groups is 1. The van der Waals surface area contributed by atoms with Crippen molar-refractivity contribution in [1.29, 1.82) is 10.5 Å². The Labute approximate surface area is 95.2 Å². The molecule has 0 amide bonds. The molecule has 0 aromatic heterocycles. The van der Waals surface area contributed by atoms with Gasteiger partial charge >= 0.3 is 0 Å². The smallest absolute Gasteiger partial charge is 0.266 e. The molecule has 84 valence electrons. The first-order valence-corrected chi connectivity index (χ1v) is 4.20. The number of phenols is 1. The minimum atomic E-state index is -1.11. The molecular formula is C10H4N3O4-.